The van der Waals surface area contributed by atoms with Crippen LogP contribution < -0.4 is 9.64 Å². The zero-order chi connectivity index (χ0) is 20.3. The minimum atomic E-state index is -0.0921. The molecule has 0 amide bonds. The number of ether oxygens (including phenoxy) is 1. The van der Waals surface area contributed by atoms with E-state index in [1.165, 1.54) is 5.69 Å². The molecule has 0 N–H and O–H groups in total. The molecule has 3 rings (SSSR count). The van der Waals surface area contributed by atoms with E-state index in [-0.39, 0.29) is 11.6 Å². The maximum absolute atomic E-state index is 5.55. The van der Waals surface area contributed by atoms with Gasteiger partial charge in [0, 0.05) is 26.2 Å². The van der Waals surface area contributed by atoms with Crippen molar-refractivity contribution >= 4 is 5.69 Å². The summed E-state index contributed by atoms with van der Waals surface area (Å²) in [6.07, 6.45) is 0.984. The Balaban J connectivity index is 1.79. The molecule has 1 aromatic carbocycles. The molecule has 1 saturated heterocycles. The predicted molar refractivity (Wildman–Crippen MR) is 112 cm³/mol. The molecule has 0 bridgehead atoms. The van der Waals surface area contributed by atoms with Crippen LogP contribution in [0.15, 0.2) is 24.3 Å². The van der Waals surface area contributed by atoms with Crippen LogP contribution in [0.25, 0.3) is 0 Å². The number of aromatic nitrogens is 4. The molecule has 2 heterocycles. The van der Waals surface area contributed by atoms with E-state index >= 15 is 0 Å². The van der Waals surface area contributed by atoms with Gasteiger partial charge in [-0.25, -0.2) is 4.68 Å². The summed E-state index contributed by atoms with van der Waals surface area (Å²) < 4.78 is 7.58. The fraction of sp³-hybridized carbons (Fsp3) is 0.667. The first-order valence-corrected chi connectivity index (χ1v) is 10.3. The predicted octanol–water partition coefficient (Wildman–Crippen LogP) is 3.35. The van der Waals surface area contributed by atoms with Gasteiger partial charge in [0.1, 0.15) is 5.75 Å². The zero-order valence-corrected chi connectivity index (χ0v) is 18.1. The lowest BCUT2D eigenvalue weighted by atomic mass is 9.97. The number of piperazine rings is 1. The van der Waals surface area contributed by atoms with Crippen molar-refractivity contribution < 1.29 is 4.74 Å². The third kappa shape index (κ3) is 3.99. The first-order chi connectivity index (χ1) is 13.4. The van der Waals surface area contributed by atoms with Crippen molar-refractivity contribution in [2.75, 3.05) is 38.2 Å². The monoisotopic (exact) mass is 386 g/mol. The second-order valence-electron chi connectivity index (χ2n) is 8.50. The average Bonchev–Trinajstić information content (AvgIpc) is 3.18. The summed E-state index contributed by atoms with van der Waals surface area (Å²) in [6.45, 7) is 15.0. The molecule has 28 heavy (non-hydrogen) atoms. The van der Waals surface area contributed by atoms with E-state index in [1.54, 1.807) is 7.11 Å². The zero-order valence-electron chi connectivity index (χ0n) is 18.1. The molecule has 0 aliphatic carbocycles. The summed E-state index contributed by atoms with van der Waals surface area (Å²) in [7, 11) is 1.74. The number of rotatable bonds is 7. The quantitative estimate of drug-likeness (QED) is 0.727. The maximum atomic E-state index is 5.55. The van der Waals surface area contributed by atoms with E-state index in [4.69, 9.17) is 4.74 Å². The molecule has 7 heteroatoms. The van der Waals surface area contributed by atoms with Crippen LogP contribution in [-0.2, 0) is 5.54 Å². The van der Waals surface area contributed by atoms with Gasteiger partial charge in [-0.05, 0) is 48.7 Å². The van der Waals surface area contributed by atoms with Crippen LogP contribution in [0.5, 0.6) is 5.75 Å². The Bertz CT molecular complexity index is 764. The highest BCUT2D eigenvalue weighted by molar-refractivity contribution is 5.58. The third-order valence-corrected chi connectivity index (χ3v) is 5.96. The van der Waals surface area contributed by atoms with E-state index < -0.39 is 0 Å². The Labute approximate surface area is 168 Å². The highest BCUT2D eigenvalue weighted by Gasteiger charge is 2.34. The minimum Gasteiger partial charge on any atom is -0.495 e. The molecular weight excluding hydrogens is 352 g/mol. The number of nitrogens with zero attached hydrogens (tertiary/aromatic N) is 6. The van der Waals surface area contributed by atoms with Gasteiger partial charge in [-0.2, -0.15) is 0 Å². The van der Waals surface area contributed by atoms with Gasteiger partial charge >= 0.3 is 0 Å². The SMILES string of the molecule is CCC(C)(C)n1nnnc1[C@@H](C(C)C)N1CCN(c2ccccc2OC)CC1. The fourth-order valence-corrected chi connectivity index (χ4v) is 3.97. The van der Waals surface area contributed by atoms with Gasteiger partial charge in [-0.3, -0.25) is 4.90 Å². The molecule has 0 unspecified atom stereocenters. The number of para-hydroxylation sites is 2. The summed E-state index contributed by atoms with van der Waals surface area (Å²) in [6, 6.07) is 8.46. The van der Waals surface area contributed by atoms with Crippen molar-refractivity contribution in [2.24, 2.45) is 5.92 Å². The first-order valence-electron chi connectivity index (χ1n) is 10.3. The maximum Gasteiger partial charge on any atom is 0.169 e. The Morgan fingerprint density at radius 3 is 2.39 bits per heavy atom. The van der Waals surface area contributed by atoms with Crippen molar-refractivity contribution in [1.29, 1.82) is 0 Å². The molecule has 2 aromatic rings. The topological polar surface area (TPSA) is 59.3 Å². The molecule has 1 aliphatic rings. The van der Waals surface area contributed by atoms with Crippen molar-refractivity contribution in [1.82, 2.24) is 25.1 Å². The van der Waals surface area contributed by atoms with E-state index in [1.807, 2.05) is 16.8 Å². The van der Waals surface area contributed by atoms with Gasteiger partial charge in [-0.15, -0.1) is 5.10 Å². The lowest BCUT2D eigenvalue weighted by Crippen LogP contribution is -2.49. The normalized spacial score (nSPS) is 17.2. The minimum absolute atomic E-state index is 0.0921. The van der Waals surface area contributed by atoms with Crippen molar-refractivity contribution in [3.8, 4) is 5.75 Å². The van der Waals surface area contributed by atoms with Crippen LogP contribution in [0.4, 0.5) is 5.69 Å². The fourth-order valence-electron chi connectivity index (χ4n) is 3.97. The molecule has 1 fully saturated rings. The Hall–Kier alpha value is -2.15. The van der Waals surface area contributed by atoms with Crippen LogP contribution in [0.2, 0.25) is 0 Å². The van der Waals surface area contributed by atoms with Gasteiger partial charge in [0.15, 0.2) is 5.82 Å². The van der Waals surface area contributed by atoms with Crippen molar-refractivity contribution in [3.63, 3.8) is 0 Å². The lowest BCUT2D eigenvalue weighted by molar-refractivity contribution is 0.126. The largest absolute Gasteiger partial charge is 0.495 e. The van der Waals surface area contributed by atoms with E-state index in [0.717, 1.165) is 44.2 Å². The van der Waals surface area contributed by atoms with Crippen LogP contribution >= 0.6 is 0 Å². The first kappa shape index (κ1) is 20.6. The van der Waals surface area contributed by atoms with Crippen LogP contribution in [-0.4, -0.2) is 58.4 Å². The van der Waals surface area contributed by atoms with E-state index in [0.29, 0.717) is 5.92 Å². The second-order valence-corrected chi connectivity index (χ2v) is 8.50. The van der Waals surface area contributed by atoms with Crippen molar-refractivity contribution in [2.45, 2.75) is 52.6 Å². The molecule has 1 aliphatic heterocycles. The molecule has 0 radical (unpaired) electrons. The summed E-state index contributed by atoms with van der Waals surface area (Å²) in [5.41, 5.74) is 1.08. The highest BCUT2D eigenvalue weighted by Crippen LogP contribution is 2.33. The third-order valence-electron chi connectivity index (χ3n) is 5.96. The number of anilines is 1. The molecule has 1 atom stereocenters. The summed E-state index contributed by atoms with van der Waals surface area (Å²) in [5, 5.41) is 12.8. The molecule has 0 saturated carbocycles. The molecular formula is C21H34N6O. The van der Waals surface area contributed by atoms with Gasteiger partial charge < -0.3 is 9.64 Å². The molecule has 154 valence electrons. The lowest BCUT2D eigenvalue weighted by Gasteiger charge is -2.42. The van der Waals surface area contributed by atoms with Gasteiger partial charge in [0.2, 0.25) is 0 Å². The molecule has 0 spiro atoms. The second kappa shape index (κ2) is 8.47. The standard InChI is InChI=1S/C21H34N6O/c1-7-21(4,5)27-20(22-23-24-27)19(16(2)3)26-14-12-25(13-15-26)17-10-8-9-11-18(17)28-6/h8-11,16,19H,7,12-15H2,1-6H3/t19-/m1/s1. The molecule has 7 nitrogen and oxygen atoms in total. The van der Waals surface area contributed by atoms with Crippen LogP contribution in [0, 0.1) is 5.92 Å². The van der Waals surface area contributed by atoms with E-state index in [2.05, 4.69) is 72.1 Å². The Morgan fingerprint density at radius 2 is 1.79 bits per heavy atom. The van der Waals surface area contributed by atoms with E-state index in [9.17, 15) is 0 Å². The summed E-state index contributed by atoms with van der Waals surface area (Å²) in [5.74, 6) is 2.34. The number of tetrazole rings is 1. The highest BCUT2D eigenvalue weighted by atomic mass is 16.5. The average molecular weight is 387 g/mol. The van der Waals surface area contributed by atoms with Crippen LogP contribution in [0.1, 0.15) is 52.9 Å². The smallest absolute Gasteiger partial charge is 0.169 e. The molecule has 1 aromatic heterocycles. The van der Waals surface area contributed by atoms with Crippen molar-refractivity contribution in [3.05, 3.63) is 30.1 Å². The Kier molecular flexibility index (Phi) is 6.23. The van der Waals surface area contributed by atoms with Crippen LogP contribution in [0.3, 0.4) is 0 Å². The number of hydrogen-bond acceptors (Lipinski definition) is 6. The summed E-state index contributed by atoms with van der Waals surface area (Å²) in [4.78, 5) is 4.94. The van der Waals surface area contributed by atoms with Gasteiger partial charge in [-0.1, -0.05) is 32.9 Å². The van der Waals surface area contributed by atoms with Gasteiger partial charge in [0.25, 0.3) is 0 Å². The van der Waals surface area contributed by atoms with Gasteiger partial charge in [0.05, 0.1) is 24.4 Å². The number of benzene rings is 1. The Morgan fingerprint density at radius 1 is 1.11 bits per heavy atom. The number of hydrogen-bond donors (Lipinski definition) is 0. The summed E-state index contributed by atoms with van der Waals surface area (Å²) >= 11 is 0. The number of methoxy groups -OCH3 is 1.